The third kappa shape index (κ3) is 5.02. The molecule has 0 aliphatic rings. The molecule has 0 spiro atoms. The molecule has 1 atom stereocenters. The molecule has 0 radical (unpaired) electrons. The molecular formula is C13H23N3O. The van der Waals surface area contributed by atoms with Gasteiger partial charge < -0.3 is 10.1 Å². The molecule has 0 fully saturated rings. The Balaban J connectivity index is 2.57. The van der Waals surface area contributed by atoms with Crippen LogP contribution in [0.2, 0.25) is 0 Å². The summed E-state index contributed by atoms with van der Waals surface area (Å²) in [6, 6.07) is 2.24. The molecule has 0 aliphatic carbocycles. The maximum Gasteiger partial charge on any atom is 0.226 e. The number of ether oxygens (including phenoxy) is 1. The van der Waals surface area contributed by atoms with Gasteiger partial charge in [-0.05, 0) is 19.3 Å². The normalized spacial score (nSPS) is 12.2. The predicted molar refractivity (Wildman–Crippen MR) is 70.4 cm³/mol. The maximum absolute atomic E-state index is 5.48. The zero-order chi connectivity index (χ0) is 12.5. The molecule has 4 nitrogen and oxygen atoms in total. The lowest BCUT2D eigenvalue weighted by Crippen LogP contribution is -2.19. The molecule has 0 aromatic carbocycles. The van der Waals surface area contributed by atoms with Crippen LogP contribution in [-0.4, -0.2) is 22.6 Å². The van der Waals surface area contributed by atoms with E-state index in [1.807, 2.05) is 0 Å². The summed E-state index contributed by atoms with van der Waals surface area (Å²) in [6.45, 7) is 7.13. The molecule has 1 unspecified atom stereocenters. The molecule has 4 heteroatoms. The summed E-state index contributed by atoms with van der Waals surface area (Å²) in [7, 11) is 0. The number of hydrogen-bond donors (Lipinski definition) is 1. The molecule has 96 valence electrons. The third-order valence-corrected chi connectivity index (χ3v) is 2.55. The van der Waals surface area contributed by atoms with Gasteiger partial charge >= 0.3 is 0 Å². The fourth-order valence-electron chi connectivity index (χ4n) is 1.61. The Kier molecular flexibility index (Phi) is 6.37. The van der Waals surface area contributed by atoms with Crippen LogP contribution in [-0.2, 0) is 0 Å². The van der Waals surface area contributed by atoms with E-state index in [2.05, 4.69) is 36.1 Å². The van der Waals surface area contributed by atoms with Gasteiger partial charge in [-0.3, -0.25) is 0 Å². The molecule has 17 heavy (non-hydrogen) atoms. The fourth-order valence-corrected chi connectivity index (χ4v) is 1.61. The summed E-state index contributed by atoms with van der Waals surface area (Å²) >= 11 is 0. The average Bonchev–Trinajstić information content (AvgIpc) is 2.36. The molecule has 0 saturated carbocycles. The van der Waals surface area contributed by atoms with Crippen LogP contribution < -0.4 is 10.1 Å². The van der Waals surface area contributed by atoms with Gasteiger partial charge in [-0.1, -0.05) is 27.2 Å². The monoisotopic (exact) mass is 237 g/mol. The van der Waals surface area contributed by atoms with E-state index >= 15 is 0 Å². The minimum absolute atomic E-state index is 0.446. The first-order chi connectivity index (χ1) is 8.30. The number of hydrogen-bond acceptors (Lipinski definition) is 4. The second-order valence-corrected chi connectivity index (χ2v) is 4.11. The lowest BCUT2D eigenvalue weighted by atomic mass is 10.1. The van der Waals surface area contributed by atoms with Crippen LogP contribution >= 0.6 is 0 Å². The van der Waals surface area contributed by atoms with E-state index in [0.29, 0.717) is 24.5 Å². The van der Waals surface area contributed by atoms with E-state index in [1.54, 1.807) is 12.3 Å². The Hall–Kier alpha value is -1.32. The van der Waals surface area contributed by atoms with Crippen LogP contribution in [0, 0.1) is 0 Å². The minimum atomic E-state index is 0.446. The van der Waals surface area contributed by atoms with Gasteiger partial charge in [0.1, 0.15) is 0 Å². The van der Waals surface area contributed by atoms with Crippen molar-refractivity contribution in [2.24, 2.45) is 0 Å². The summed E-state index contributed by atoms with van der Waals surface area (Å²) in [5.74, 6) is 1.31. The van der Waals surface area contributed by atoms with Crippen LogP contribution in [0.25, 0.3) is 0 Å². The van der Waals surface area contributed by atoms with E-state index in [-0.39, 0.29) is 0 Å². The molecule has 0 bridgehead atoms. The van der Waals surface area contributed by atoms with E-state index in [0.717, 1.165) is 25.7 Å². The molecule has 0 aliphatic heterocycles. The van der Waals surface area contributed by atoms with E-state index in [9.17, 15) is 0 Å². The molecule has 1 aromatic heterocycles. The highest BCUT2D eigenvalue weighted by Crippen LogP contribution is 2.12. The van der Waals surface area contributed by atoms with Crippen LogP contribution in [0.3, 0.4) is 0 Å². The standard InChI is InChI=1S/C13H23N3O/c1-4-7-11(6-3)15-13-14-9-8-12(16-13)17-10-5-2/h8-9,11H,4-7,10H2,1-3H3,(H,14,15,16). The molecule has 0 saturated heterocycles. The number of nitrogens with zero attached hydrogens (tertiary/aromatic N) is 2. The van der Waals surface area contributed by atoms with Crippen molar-refractivity contribution in [1.82, 2.24) is 9.97 Å². The quantitative estimate of drug-likeness (QED) is 0.754. The third-order valence-electron chi connectivity index (χ3n) is 2.55. The number of nitrogens with one attached hydrogen (secondary N) is 1. The Morgan fingerprint density at radius 2 is 2.12 bits per heavy atom. The first-order valence-electron chi connectivity index (χ1n) is 6.52. The van der Waals surface area contributed by atoms with E-state index in [1.165, 1.54) is 0 Å². The molecule has 1 aromatic rings. The number of rotatable bonds is 8. The van der Waals surface area contributed by atoms with Crippen molar-refractivity contribution in [2.75, 3.05) is 11.9 Å². The van der Waals surface area contributed by atoms with Crippen molar-refractivity contribution in [1.29, 1.82) is 0 Å². The van der Waals surface area contributed by atoms with Gasteiger partial charge in [0, 0.05) is 18.3 Å². The van der Waals surface area contributed by atoms with E-state index in [4.69, 9.17) is 4.74 Å². The topological polar surface area (TPSA) is 47.0 Å². The largest absolute Gasteiger partial charge is 0.478 e. The smallest absolute Gasteiger partial charge is 0.226 e. The average molecular weight is 237 g/mol. The Bertz CT molecular complexity index is 317. The summed E-state index contributed by atoms with van der Waals surface area (Å²) in [6.07, 6.45) is 6.11. The fraction of sp³-hybridized carbons (Fsp3) is 0.692. The Morgan fingerprint density at radius 1 is 1.29 bits per heavy atom. The van der Waals surface area contributed by atoms with Gasteiger partial charge in [-0.2, -0.15) is 4.98 Å². The van der Waals surface area contributed by atoms with Crippen LogP contribution in [0.4, 0.5) is 5.95 Å². The molecular weight excluding hydrogens is 214 g/mol. The van der Waals surface area contributed by atoms with Gasteiger partial charge in [0.15, 0.2) is 0 Å². The summed E-state index contributed by atoms with van der Waals surface area (Å²) in [5.41, 5.74) is 0. The van der Waals surface area contributed by atoms with Crippen molar-refractivity contribution in [2.45, 2.75) is 52.5 Å². The molecule has 1 heterocycles. The van der Waals surface area contributed by atoms with Crippen LogP contribution in [0.5, 0.6) is 5.88 Å². The first-order valence-corrected chi connectivity index (χ1v) is 6.52. The second kappa shape index (κ2) is 7.87. The minimum Gasteiger partial charge on any atom is -0.478 e. The zero-order valence-corrected chi connectivity index (χ0v) is 11.1. The van der Waals surface area contributed by atoms with Crippen molar-refractivity contribution < 1.29 is 4.74 Å². The van der Waals surface area contributed by atoms with E-state index < -0.39 is 0 Å². The Morgan fingerprint density at radius 3 is 2.76 bits per heavy atom. The van der Waals surface area contributed by atoms with Gasteiger partial charge in [0.05, 0.1) is 6.61 Å². The SMILES string of the molecule is CCCOc1ccnc(NC(CC)CCC)n1. The second-order valence-electron chi connectivity index (χ2n) is 4.11. The molecule has 1 rings (SSSR count). The van der Waals surface area contributed by atoms with Gasteiger partial charge in [0.25, 0.3) is 0 Å². The Labute approximate surface area is 104 Å². The molecule has 1 N–H and O–H groups in total. The van der Waals surface area contributed by atoms with Crippen LogP contribution in [0.15, 0.2) is 12.3 Å². The highest BCUT2D eigenvalue weighted by atomic mass is 16.5. The first kappa shape index (κ1) is 13.7. The van der Waals surface area contributed by atoms with Gasteiger partial charge in [0.2, 0.25) is 11.8 Å². The highest BCUT2D eigenvalue weighted by Gasteiger charge is 2.07. The maximum atomic E-state index is 5.48. The predicted octanol–water partition coefficient (Wildman–Crippen LogP) is 3.26. The van der Waals surface area contributed by atoms with Gasteiger partial charge in [-0.15, -0.1) is 0 Å². The summed E-state index contributed by atoms with van der Waals surface area (Å²) in [5, 5.41) is 3.34. The lowest BCUT2D eigenvalue weighted by Gasteiger charge is -2.16. The highest BCUT2D eigenvalue weighted by molar-refractivity contribution is 5.28. The van der Waals surface area contributed by atoms with Crippen LogP contribution in [0.1, 0.15) is 46.5 Å². The van der Waals surface area contributed by atoms with Crippen molar-refractivity contribution in [3.05, 3.63) is 12.3 Å². The summed E-state index contributed by atoms with van der Waals surface area (Å²) < 4.78 is 5.48. The molecule has 0 amide bonds. The van der Waals surface area contributed by atoms with Crippen molar-refractivity contribution in [3.8, 4) is 5.88 Å². The summed E-state index contributed by atoms with van der Waals surface area (Å²) in [4.78, 5) is 8.55. The van der Waals surface area contributed by atoms with Gasteiger partial charge in [-0.25, -0.2) is 4.98 Å². The number of aromatic nitrogens is 2. The lowest BCUT2D eigenvalue weighted by molar-refractivity contribution is 0.305. The number of anilines is 1. The van der Waals surface area contributed by atoms with Crippen molar-refractivity contribution in [3.63, 3.8) is 0 Å². The van der Waals surface area contributed by atoms with Crippen molar-refractivity contribution >= 4 is 5.95 Å². The zero-order valence-electron chi connectivity index (χ0n) is 11.1.